The third kappa shape index (κ3) is 4.81. The molecule has 0 aliphatic heterocycles. The Morgan fingerprint density at radius 3 is 2.76 bits per heavy atom. The Balaban J connectivity index is 1.65. The Labute approximate surface area is 203 Å². The van der Waals surface area contributed by atoms with Crippen molar-refractivity contribution in [2.24, 2.45) is 0 Å². The molecule has 1 heterocycles. The van der Waals surface area contributed by atoms with Gasteiger partial charge in [-0.25, -0.2) is 9.37 Å². The van der Waals surface area contributed by atoms with Crippen molar-refractivity contribution in [1.82, 2.24) is 9.97 Å². The van der Waals surface area contributed by atoms with Crippen molar-refractivity contribution in [3.63, 3.8) is 0 Å². The molecule has 0 atom stereocenters. The van der Waals surface area contributed by atoms with Crippen LogP contribution in [0.1, 0.15) is 22.5 Å². The Kier molecular flexibility index (Phi) is 6.57. The average molecular weight is 550 g/mol. The van der Waals surface area contributed by atoms with Gasteiger partial charge in [-0.2, -0.15) is 10.5 Å². The maximum absolute atomic E-state index is 13.5. The average Bonchev–Trinajstić information content (AvgIpc) is 3.24. The summed E-state index contributed by atoms with van der Waals surface area (Å²) in [7, 11) is 1.54. The summed E-state index contributed by atoms with van der Waals surface area (Å²) in [5, 5.41) is 19.0. The van der Waals surface area contributed by atoms with Gasteiger partial charge < -0.3 is 14.5 Å². The van der Waals surface area contributed by atoms with Gasteiger partial charge in [0, 0.05) is 5.56 Å². The van der Waals surface area contributed by atoms with E-state index in [-0.39, 0.29) is 12.4 Å². The van der Waals surface area contributed by atoms with E-state index in [0.29, 0.717) is 45.1 Å². The van der Waals surface area contributed by atoms with Gasteiger partial charge in [0.2, 0.25) is 0 Å². The van der Waals surface area contributed by atoms with Crippen LogP contribution in [0.2, 0.25) is 0 Å². The minimum atomic E-state index is -0.382. The van der Waals surface area contributed by atoms with Crippen molar-refractivity contribution in [3.8, 4) is 23.6 Å². The van der Waals surface area contributed by atoms with Gasteiger partial charge in [-0.1, -0.05) is 18.2 Å². The molecule has 0 aliphatic rings. The molecule has 33 heavy (non-hydrogen) atoms. The lowest BCUT2D eigenvalue weighted by Gasteiger charge is -2.14. The number of rotatable bonds is 6. The van der Waals surface area contributed by atoms with Crippen LogP contribution in [0.4, 0.5) is 4.39 Å². The minimum Gasteiger partial charge on any atom is -0.493 e. The fourth-order valence-electron chi connectivity index (χ4n) is 3.30. The first-order valence-electron chi connectivity index (χ1n) is 9.78. The lowest BCUT2D eigenvalue weighted by Crippen LogP contribution is -2.02. The Hall–Kier alpha value is -3.89. The van der Waals surface area contributed by atoms with Crippen LogP contribution in [0, 0.1) is 32.0 Å². The van der Waals surface area contributed by atoms with E-state index in [1.165, 1.54) is 19.2 Å². The number of aromatic nitrogens is 2. The number of H-pyrrole nitrogens is 1. The largest absolute Gasteiger partial charge is 0.493 e. The van der Waals surface area contributed by atoms with E-state index in [4.69, 9.17) is 9.47 Å². The summed E-state index contributed by atoms with van der Waals surface area (Å²) in [5.74, 6) is 1.00. The molecular formula is C25H16FIN4O2. The number of hydrogen-bond acceptors (Lipinski definition) is 5. The van der Waals surface area contributed by atoms with Crippen LogP contribution in [0.3, 0.4) is 0 Å². The fourth-order valence-corrected chi connectivity index (χ4v) is 4.08. The number of aromatic amines is 1. The number of allylic oxidation sites excluding steroid dienone is 1. The van der Waals surface area contributed by atoms with Crippen LogP contribution >= 0.6 is 22.6 Å². The molecular weight excluding hydrogens is 534 g/mol. The second-order valence-corrected chi connectivity index (χ2v) is 8.17. The molecule has 3 aromatic carbocycles. The maximum Gasteiger partial charge on any atom is 0.174 e. The standard InChI is InChI=1S/C25H16FIN4O2/c1-32-23-10-15(8-18(13-29)25-30-21-7-6-19(26)11-22(21)31-25)9-20(27)24(23)33-14-17-5-3-2-4-16(17)12-28/h2-11H,14H2,1H3,(H,30,31)/b18-8-. The van der Waals surface area contributed by atoms with Gasteiger partial charge in [0.15, 0.2) is 11.5 Å². The zero-order chi connectivity index (χ0) is 23.4. The van der Waals surface area contributed by atoms with Gasteiger partial charge in [0.25, 0.3) is 0 Å². The van der Waals surface area contributed by atoms with E-state index >= 15 is 0 Å². The summed E-state index contributed by atoms with van der Waals surface area (Å²) in [4.78, 5) is 7.37. The number of hydrogen-bond donors (Lipinski definition) is 1. The Morgan fingerprint density at radius 2 is 2.00 bits per heavy atom. The van der Waals surface area contributed by atoms with Crippen molar-refractivity contribution in [2.45, 2.75) is 6.61 Å². The number of fused-ring (bicyclic) bond motifs is 1. The summed E-state index contributed by atoms with van der Waals surface area (Å²) in [6.45, 7) is 0.213. The first kappa shape index (κ1) is 22.3. The highest BCUT2D eigenvalue weighted by atomic mass is 127. The summed E-state index contributed by atoms with van der Waals surface area (Å²) in [6, 6.07) is 19.4. The van der Waals surface area contributed by atoms with Crippen LogP contribution in [-0.4, -0.2) is 17.1 Å². The highest BCUT2D eigenvalue weighted by molar-refractivity contribution is 14.1. The first-order chi connectivity index (χ1) is 16.0. The van der Waals surface area contributed by atoms with E-state index in [1.807, 2.05) is 18.2 Å². The van der Waals surface area contributed by atoms with Crippen molar-refractivity contribution < 1.29 is 13.9 Å². The van der Waals surface area contributed by atoms with Crippen LogP contribution in [0.15, 0.2) is 54.6 Å². The zero-order valence-electron chi connectivity index (χ0n) is 17.4. The van der Waals surface area contributed by atoms with Crippen molar-refractivity contribution in [2.75, 3.05) is 7.11 Å². The molecule has 0 unspecified atom stereocenters. The number of imidazole rings is 1. The summed E-state index contributed by atoms with van der Waals surface area (Å²) in [5.41, 5.74) is 3.41. The number of nitrogens with one attached hydrogen (secondary N) is 1. The fraction of sp³-hybridized carbons (Fsp3) is 0.0800. The number of halogens is 2. The molecule has 0 amide bonds. The molecule has 4 aromatic rings. The number of nitriles is 2. The lowest BCUT2D eigenvalue weighted by molar-refractivity contribution is 0.282. The molecule has 6 nitrogen and oxygen atoms in total. The van der Waals surface area contributed by atoms with Crippen LogP contribution in [-0.2, 0) is 6.61 Å². The number of nitrogens with zero attached hydrogens (tertiary/aromatic N) is 3. The molecule has 8 heteroatoms. The topological polar surface area (TPSA) is 94.7 Å². The van der Waals surface area contributed by atoms with Gasteiger partial charge in [-0.05, 0) is 70.6 Å². The smallest absolute Gasteiger partial charge is 0.174 e. The molecule has 0 saturated heterocycles. The SMILES string of the molecule is COc1cc(/C=C(/C#N)c2nc3ccc(F)cc3[nH]2)cc(I)c1OCc1ccccc1C#N. The number of methoxy groups -OCH3 is 1. The van der Waals surface area contributed by atoms with E-state index in [1.54, 1.807) is 30.3 Å². The second-order valence-electron chi connectivity index (χ2n) is 7.01. The van der Waals surface area contributed by atoms with Gasteiger partial charge in [0.05, 0.1) is 38.9 Å². The van der Waals surface area contributed by atoms with Crippen molar-refractivity contribution in [1.29, 1.82) is 10.5 Å². The zero-order valence-corrected chi connectivity index (χ0v) is 19.6. The second kappa shape index (κ2) is 9.72. The summed E-state index contributed by atoms with van der Waals surface area (Å²) >= 11 is 2.14. The molecule has 0 fully saturated rings. The van der Waals surface area contributed by atoms with Gasteiger partial charge in [-0.15, -0.1) is 0 Å². The van der Waals surface area contributed by atoms with Gasteiger partial charge >= 0.3 is 0 Å². The summed E-state index contributed by atoms with van der Waals surface area (Å²) in [6.07, 6.45) is 1.67. The Bertz CT molecular complexity index is 1460. The Morgan fingerprint density at radius 1 is 1.18 bits per heavy atom. The normalized spacial score (nSPS) is 11.1. The predicted molar refractivity (Wildman–Crippen MR) is 131 cm³/mol. The van der Waals surface area contributed by atoms with Crippen molar-refractivity contribution >= 4 is 45.3 Å². The highest BCUT2D eigenvalue weighted by Crippen LogP contribution is 2.36. The van der Waals surface area contributed by atoms with E-state index in [0.717, 1.165) is 9.13 Å². The molecule has 0 spiro atoms. The highest BCUT2D eigenvalue weighted by Gasteiger charge is 2.14. The lowest BCUT2D eigenvalue weighted by atomic mass is 10.1. The number of ether oxygens (including phenoxy) is 2. The molecule has 1 N–H and O–H groups in total. The molecule has 0 aliphatic carbocycles. The van der Waals surface area contributed by atoms with E-state index in [9.17, 15) is 14.9 Å². The van der Waals surface area contributed by atoms with Crippen molar-refractivity contribution in [3.05, 3.63) is 86.5 Å². The quantitative estimate of drug-likeness (QED) is 0.241. The number of benzene rings is 3. The predicted octanol–water partition coefficient (Wildman–Crippen LogP) is 5.83. The molecule has 0 bridgehead atoms. The van der Waals surface area contributed by atoms with Crippen LogP contribution < -0.4 is 9.47 Å². The van der Waals surface area contributed by atoms with Crippen LogP contribution in [0.25, 0.3) is 22.7 Å². The first-order valence-corrected chi connectivity index (χ1v) is 10.9. The van der Waals surface area contributed by atoms with Gasteiger partial charge in [-0.3, -0.25) is 0 Å². The third-order valence-corrected chi connectivity index (χ3v) is 5.69. The van der Waals surface area contributed by atoms with Crippen LogP contribution in [0.5, 0.6) is 11.5 Å². The maximum atomic E-state index is 13.5. The molecule has 0 saturated carbocycles. The molecule has 162 valence electrons. The molecule has 0 radical (unpaired) electrons. The third-order valence-electron chi connectivity index (χ3n) is 4.89. The monoisotopic (exact) mass is 550 g/mol. The molecule has 1 aromatic heterocycles. The van der Waals surface area contributed by atoms with Gasteiger partial charge in [0.1, 0.15) is 24.3 Å². The minimum absolute atomic E-state index is 0.213. The van der Waals surface area contributed by atoms with E-state index in [2.05, 4.69) is 44.7 Å². The molecule has 4 rings (SSSR count). The van der Waals surface area contributed by atoms with E-state index < -0.39 is 0 Å². The summed E-state index contributed by atoms with van der Waals surface area (Å²) < 4.78 is 25.8.